The summed E-state index contributed by atoms with van der Waals surface area (Å²) >= 11 is 6.32. The fourth-order valence-electron chi connectivity index (χ4n) is 2.30. The number of carbonyl (C=O) groups excluding carboxylic acids is 3. The zero-order valence-electron chi connectivity index (χ0n) is 14.4. The summed E-state index contributed by atoms with van der Waals surface area (Å²) in [5.74, 6) is -2.60. The van der Waals surface area contributed by atoms with Crippen LogP contribution in [0.5, 0.6) is 0 Å². The molecule has 0 aliphatic rings. The maximum absolute atomic E-state index is 13.1. The Kier molecular flexibility index (Phi) is 6.30. The molecule has 0 bridgehead atoms. The smallest absolute Gasteiger partial charge is 0.247 e. The van der Waals surface area contributed by atoms with Gasteiger partial charge in [-0.2, -0.15) is 5.10 Å². The molecule has 0 aliphatic carbocycles. The van der Waals surface area contributed by atoms with E-state index in [-0.39, 0.29) is 5.15 Å². The number of nitrogens with two attached hydrogens (primary N) is 2. The Morgan fingerprint density at radius 1 is 1.19 bits per heavy atom. The molecule has 0 spiro atoms. The number of carbonyl (C=O) groups is 3. The van der Waals surface area contributed by atoms with Gasteiger partial charge in [-0.1, -0.05) is 11.6 Å². The van der Waals surface area contributed by atoms with Crippen LogP contribution in [-0.4, -0.2) is 45.5 Å². The van der Waals surface area contributed by atoms with Crippen molar-refractivity contribution in [2.45, 2.75) is 6.92 Å². The van der Waals surface area contributed by atoms with Crippen molar-refractivity contribution in [3.8, 4) is 5.69 Å². The molecule has 2 aromatic rings. The number of hydrogen-bond acceptors (Lipinski definition) is 4. The Morgan fingerprint density at radius 3 is 2.26 bits per heavy atom. The van der Waals surface area contributed by atoms with Gasteiger partial charge in [0.2, 0.25) is 17.7 Å². The summed E-state index contributed by atoms with van der Waals surface area (Å²) in [5, 5.41) is 4.48. The van der Waals surface area contributed by atoms with Crippen LogP contribution < -0.4 is 11.5 Å². The van der Waals surface area contributed by atoms with Crippen LogP contribution in [0.15, 0.2) is 30.3 Å². The van der Waals surface area contributed by atoms with E-state index in [0.717, 1.165) is 11.0 Å². The number of primary amides is 2. The van der Waals surface area contributed by atoms with E-state index in [1.807, 2.05) is 0 Å². The molecule has 10 heteroatoms. The summed E-state index contributed by atoms with van der Waals surface area (Å²) in [4.78, 5) is 35.3. The lowest BCUT2D eigenvalue weighted by Crippen LogP contribution is -2.42. The van der Waals surface area contributed by atoms with Crippen LogP contribution in [0.3, 0.4) is 0 Å². The summed E-state index contributed by atoms with van der Waals surface area (Å²) < 4.78 is 14.5. The SMILES string of the molecule is Cc1nn(-c2ccc(F)cc2)c(Cl)c1/C=C/C(=O)N(CC(N)=O)CC(N)=O. The molecule has 0 unspecified atom stereocenters. The van der Waals surface area contributed by atoms with E-state index in [2.05, 4.69) is 5.10 Å². The average molecular weight is 394 g/mol. The molecule has 4 N–H and O–H groups in total. The average Bonchev–Trinajstić information content (AvgIpc) is 2.86. The van der Waals surface area contributed by atoms with Gasteiger partial charge in [-0.3, -0.25) is 14.4 Å². The summed E-state index contributed by atoms with van der Waals surface area (Å²) in [5.41, 5.74) is 11.7. The fourth-order valence-corrected chi connectivity index (χ4v) is 2.64. The van der Waals surface area contributed by atoms with Gasteiger partial charge in [0.15, 0.2) is 0 Å². The van der Waals surface area contributed by atoms with Gasteiger partial charge in [0.05, 0.1) is 11.4 Å². The van der Waals surface area contributed by atoms with Gasteiger partial charge in [-0.25, -0.2) is 9.07 Å². The minimum atomic E-state index is -0.781. The highest BCUT2D eigenvalue weighted by molar-refractivity contribution is 6.31. The standard InChI is InChI=1S/C17H17ClFN5O3/c1-10-13(6-7-16(27)23(8-14(20)25)9-15(21)26)17(18)24(22-10)12-4-2-11(19)3-5-12/h2-7H,8-9H2,1H3,(H2,20,25)(H2,21,26)/b7-6+. The molecule has 8 nitrogen and oxygen atoms in total. The molecule has 0 saturated carbocycles. The van der Waals surface area contributed by atoms with E-state index < -0.39 is 36.6 Å². The monoisotopic (exact) mass is 393 g/mol. The van der Waals surface area contributed by atoms with Crippen molar-refractivity contribution in [3.05, 3.63) is 52.6 Å². The Hall–Kier alpha value is -3.20. The van der Waals surface area contributed by atoms with Gasteiger partial charge in [-0.15, -0.1) is 0 Å². The van der Waals surface area contributed by atoms with Crippen molar-refractivity contribution in [3.63, 3.8) is 0 Å². The second-order valence-electron chi connectivity index (χ2n) is 5.64. The van der Waals surface area contributed by atoms with E-state index in [1.54, 1.807) is 6.92 Å². The minimum absolute atomic E-state index is 0.208. The summed E-state index contributed by atoms with van der Waals surface area (Å²) in [6.45, 7) is 0.780. The second kappa shape index (κ2) is 8.45. The molecule has 1 aromatic carbocycles. The quantitative estimate of drug-likeness (QED) is 0.674. The Bertz CT molecular complexity index is 892. The first-order valence-corrected chi connectivity index (χ1v) is 8.11. The maximum atomic E-state index is 13.1. The van der Waals surface area contributed by atoms with Crippen LogP contribution >= 0.6 is 11.6 Å². The third-order valence-corrected chi connectivity index (χ3v) is 3.88. The number of amides is 3. The normalized spacial score (nSPS) is 10.9. The van der Waals surface area contributed by atoms with Crippen LogP contribution in [0.2, 0.25) is 5.15 Å². The number of nitrogens with zero attached hydrogens (tertiary/aromatic N) is 3. The number of halogens is 2. The van der Waals surface area contributed by atoms with E-state index in [9.17, 15) is 18.8 Å². The zero-order chi connectivity index (χ0) is 20.1. The topological polar surface area (TPSA) is 124 Å². The number of rotatable bonds is 7. The maximum Gasteiger partial charge on any atom is 0.247 e. The van der Waals surface area contributed by atoms with E-state index in [0.29, 0.717) is 16.9 Å². The van der Waals surface area contributed by atoms with E-state index >= 15 is 0 Å². The van der Waals surface area contributed by atoms with Gasteiger partial charge < -0.3 is 16.4 Å². The molecule has 0 aliphatic heterocycles. The first-order chi connectivity index (χ1) is 12.7. The van der Waals surface area contributed by atoms with Crippen LogP contribution in [0.25, 0.3) is 11.8 Å². The molecule has 1 aromatic heterocycles. The van der Waals surface area contributed by atoms with Gasteiger partial charge in [0, 0.05) is 11.6 Å². The third-order valence-electron chi connectivity index (χ3n) is 3.52. The highest BCUT2D eigenvalue weighted by Crippen LogP contribution is 2.25. The van der Waals surface area contributed by atoms with E-state index in [4.69, 9.17) is 23.1 Å². The zero-order valence-corrected chi connectivity index (χ0v) is 15.1. The first kappa shape index (κ1) is 20.1. The van der Waals surface area contributed by atoms with Crippen molar-refractivity contribution >= 4 is 35.4 Å². The number of hydrogen-bond donors (Lipinski definition) is 2. The molecular formula is C17H17ClFN5O3. The van der Waals surface area contributed by atoms with Crippen LogP contribution in [-0.2, 0) is 14.4 Å². The largest absolute Gasteiger partial charge is 0.368 e. The van der Waals surface area contributed by atoms with E-state index in [1.165, 1.54) is 35.0 Å². The van der Waals surface area contributed by atoms with Crippen molar-refractivity contribution in [2.24, 2.45) is 11.5 Å². The molecule has 0 saturated heterocycles. The predicted octanol–water partition coefficient (Wildman–Crippen LogP) is 0.786. The van der Waals surface area contributed by atoms with Crippen LogP contribution in [0.1, 0.15) is 11.3 Å². The van der Waals surface area contributed by atoms with Crippen molar-refractivity contribution in [1.29, 1.82) is 0 Å². The highest BCUT2D eigenvalue weighted by atomic mass is 35.5. The molecule has 142 valence electrons. The molecule has 2 rings (SSSR count). The van der Waals surface area contributed by atoms with Crippen molar-refractivity contribution < 1.29 is 18.8 Å². The lowest BCUT2D eigenvalue weighted by atomic mass is 10.2. The predicted molar refractivity (Wildman–Crippen MR) is 97.3 cm³/mol. The molecule has 3 amide bonds. The van der Waals surface area contributed by atoms with Gasteiger partial charge in [-0.05, 0) is 37.3 Å². The minimum Gasteiger partial charge on any atom is -0.368 e. The van der Waals surface area contributed by atoms with Crippen LogP contribution in [0.4, 0.5) is 4.39 Å². The lowest BCUT2D eigenvalue weighted by Gasteiger charge is -2.17. The lowest BCUT2D eigenvalue weighted by molar-refractivity contribution is -0.134. The van der Waals surface area contributed by atoms with Gasteiger partial charge in [0.1, 0.15) is 24.1 Å². The van der Waals surface area contributed by atoms with Gasteiger partial charge in [0.25, 0.3) is 0 Å². The number of aryl methyl sites for hydroxylation is 1. The summed E-state index contributed by atoms with van der Waals surface area (Å²) in [6.07, 6.45) is 2.54. The molecular weight excluding hydrogens is 377 g/mol. The first-order valence-electron chi connectivity index (χ1n) is 7.73. The molecule has 0 fully saturated rings. The molecule has 1 heterocycles. The molecule has 0 atom stereocenters. The summed E-state index contributed by atoms with van der Waals surface area (Å²) in [7, 11) is 0. The van der Waals surface area contributed by atoms with Gasteiger partial charge >= 0.3 is 0 Å². The second-order valence-corrected chi connectivity index (χ2v) is 6.00. The Balaban J connectivity index is 2.27. The van der Waals surface area contributed by atoms with Crippen LogP contribution in [0, 0.1) is 12.7 Å². The molecule has 0 radical (unpaired) electrons. The Morgan fingerprint density at radius 2 is 1.74 bits per heavy atom. The molecule has 27 heavy (non-hydrogen) atoms. The van der Waals surface area contributed by atoms with Crippen molar-refractivity contribution in [1.82, 2.24) is 14.7 Å². The van der Waals surface area contributed by atoms with Crippen molar-refractivity contribution in [2.75, 3.05) is 13.1 Å². The summed E-state index contributed by atoms with van der Waals surface area (Å²) in [6, 6.07) is 5.56. The highest BCUT2D eigenvalue weighted by Gasteiger charge is 2.17. The number of aromatic nitrogens is 2. The fraction of sp³-hybridized carbons (Fsp3) is 0.176. The number of benzene rings is 1. The third kappa shape index (κ3) is 5.14. The Labute approximate surface area is 159 Å².